The van der Waals surface area contributed by atoms with Gasteiger partial charge in [-0.1, -0.05) is 30.1 Å². The fraction of sp³-hybridized carbons (Fsp3) is 0.533. The van der Waals surface area contributed by atoms with E-state index in [1.807, 2.05) is 0 Å². The summed E-state index contributed by atoms with van der Waals surface area (Å²) in [7, 11) is 0. The van der Waals surface area contributed by atoms with Gasteiger partial charge >= 0.3 is 0 Å². The molecule has 0 unspecified atom stereocenters. The molecule has 1 aliphatic rings. The second kappa shape index (κ2) is 6.74. The smallest absolute Gasteiger partial charge is 0.164 e. The summed E-state index contributed by atoms with van der Waals surface area (Å²) >= 11 is 11.8. The standard InChI is InChI=1S/C15H19Cl2NO/c1-11-4-7-18(8-5-11)9-6-15(19)12-2-3-13(16)14(17)10-12/h2-3,10-11H,4-9H2,1H3. The number of carbonyl (C=O) groups is 1. The molecular weight excluding hydrogens is 281 g/mol. The summed E-state index contributed by atoms with van der Waals surface area (Å²) in [6.07, 6.45) is 3.02. The molecule has 0 aromatic heterocycles. The quantitative estimate of drug-likeness (QED) is 0.773. The molecule has 4 heteroatoms. The Balaban J connectivity index is 1.85. The molecule has 0 amide bonds. The van der Waals surface area contributed by atoms with Crippen LogP contribution < -0.4 is 0 Å². The molecule has 19 heavy (non-hydrogen) atoms. The molecule has 0 bridgehead atoms. The Kier molecular flexibility index (Phi) is 5.26. The van der Waals surface area contributed by atoms with Crippen molar-refractivity contribution >= 4 is 29.0 Å². The molecule has 1 saturated heterocycles. The highest BCUT2D eigenvalue weighted by Crippen LogP contribution is 2.23. The van der Waals surface area contributed by atoms with Crippen LogP contribution in [-0.2, 0) is 0 Å². The summed E-state index contributed by atoms with van der Waals surface area (Å²) in [4.78, 5) is 14.5. The number of hydrogen-bond donors (Lipinski definition) is 0. The molecule has 1 aromatic rings. The summed E-state index contributed by atoms with van der Waals surface area (Å²) in [5.41, 5.74) is 0.653. The van der Waals surface area contributed by atoms with Crippen LogP contribution in [0.15, 0.2) is 18.2 Å². The van der Waals surface area contributed by atoms with Crippen molar-refractivity contribution in [2.24, 2.45) is 5.92 Å². The van der Waals surface area contributed by atoms with E-state index in [2.05, 4.69) is 11.8 Å². The minimum atomic E-state index is 0.136. The van der Waals surface area contributed by atoms with Crippen LogP contribution in [0.4, 0.5) is 0 Å². The van der Waals surface area contributed by atoms with Crippen molar-refractivity contribution in [1.29, 1.82) is 0 Å². The first kappa shape index (κ1) is 14.8. The third kappa shape index (κ3) is 4.20. The van der Waals surface area contributed by atoms with Crippen LogP contribution in [0.25, 0.3) is 0 Å². The van der Waals surface area contributed by atoms with Crippen molar-refractivity contribution in [3.05, 3.63) is 33.8 Å². The normalized spacial score (nSPS) is 17.6. The minimum Gasteiger partial charge on any atom is -0.303 e. The number of nitrogens with zero attached hydrogens (tertiary/aromatic N) is 1. The van der Waals surface area contributed by atoms with E-state index < -0.39 is 0 Å². The number of likely N-dealkylation sites (tertiary alicyclic amines) is 1. The fourth-order valence-electron chi connectivity index (χ4n) is 2.36. The van der Waals surface area contributed by atoms with Gasteiger partial charge in [-0.2, -0.15) is 0 Å². The van der Waals surface area contributed by atoms with E-state index in [-0.39, 0.29) is 5.78 Å². The Morgan fingerprint density at radius 1 is 1.26 bits per heavy atom. The average molecular weight is 300 g/mol. The number of halogens is 2. The van der Waals surface area contributed by atoms with Crippen LogP contribution in [-0.4, -0.2) is 30.3 Å². The van der Waals surface area contributed by atoms with Crippen molar-refractivity contribution in [2.75, 3.05) is 19.6 Å². The van der Waals surface area contributed by atoms with Gasteiger partial charge in [-0.3, -0.25) is 4.79 Å². The molecule has 1 fully saturated rings. The molecule has 2 rings (SSSR count). The minimum absolute atomic E-state index is 0.136. The van der Waals surface area contributed by atoms with Gasteiger partial charge in [0.05, 0.1) is 10.0 Å². The van der Waals surface area contributed by atoms with E-state index in [4.69, 9.17) is 23.2 Å². The highest BCUT2D eigenvalue weighted by atomic mass is 35.5. The van der Waals surface area contributed by atoms with E-state index in [0.29, 0.717) is 22.0 Å². The van der Waals surface area contributed by atoms with E-state index in [1.165, 1.54) is 12.8 Å². The van der Waals surface area contributed by atoms with Crippen LogP contribution in [0.3, 0.4) is 0 Å². The van der Waals surface area contributed by atoms with Gasteiger partial charge in [-0.15, -0.1) is 0 Å². The van der Waals surface area contributed by atoms with Crippen molar-refractivity contribution in [3.8, 4) is 0 Å². The lowest BCUT2D eigenvalue weighted by Crippen LogP contribution is -2.34. The first-order chi connectivity index (χ1) is 9.06. The van der Waals surface area contributed by atoms with Crippen LogP contribution in [0.5, 0.6) is 0 Å². The van der Waals surface area contributed by atoms with Gasteiger partial charge in [0.1, 0.15) is 0 Å². The average Bonchev–Trinajstić information content (AvgIpc) is 2.41. The van der Waals surface area contributed by atoms with E-state index >= 15 is 0 Å². The number of ketones is 1. The lowest BCUT2D eigenvalue weighted by atomic mass is 9.99. The maximum atomic E-state index is 12.1. The van der Waals surface area contributed by atoms with Gasteiger partial charge in [0.15, 0.2) is 5.78 Å². The molecule has 0 atom stereocenters. The van der Waals surface area contributed by atoms with Crippen LogP contribution in [0, 0.1) is 5.92 Å². The van der Waals surface area contributed by atoms with E-state index in [0.717, 1.165) is 25.6 Å². The first-order valence-corrected chi connectivity index (χ1v) is 7.52. The Morgan fingerprint density at radius 2 is 1.95 bits per heavy atom. The second-order valence-electron chi connectivity index (χ2n) is 5.33. The lowest BCUT2D eigenvalue weighted by Gasteiger charge is -2.29. The van der Waals surface area contributed by atoms with Gasteiger partial charge < -0.3 is 4.90 Å². The van der Waals surface area contributed by atoms with Crippen molar-refractivity contribution in [3.63, 3.8) is 0 Å². The second-order valence-corrected chi connectivity index (χ2v) is 6.14. The van der Waals surface area contributed by atoms with Crippen molar-refractivity contribution in [2.45, 2.75) is 26.2 Å². The predicted octanol–water partition coefficient (Wildman–Crippen LogP) is 4.30. The zero-order valence-electron chi connectivity index (χ0n) is 11.2. The topological polar surface area (TPSA) is 20.3 Å². The van der Waals surface area contributed by atoms with Crippen molar-refractivity contribution in [1.82, 2.24) is 4.90 Å². The monoisotopic (exact) mass is 299 g/mol. The molecule has 104 valence electrons. The largest absolute Gasteiger partial charge is 0.303 e. The number of carbonyl (C=O) groups excluding carboxylic acids is 1. The fourth-order valence-corrected chi connectivity index (χ4v) is 2.66. The van der Waals surface area contributed by atoms with Crippen molar-refractivity contribution < 1.29 is 4.79 Å². The summed E-state index contributed by atoms with van der Waals surface area (Å²) in [5.74, 6) is 0.958. The number of rotatable bonds is 4. The zero-order chi connectivity index (χ0) is 13.8. The SMILES string of the molecule is CC1CCN(CCC(=O)c2ccc(Cl)c(Cl)c2)CC1. The summed E-state index contributed by atoms with van der Waals surface area (Å²) in [5, 5.41) is 0.933. The summed E-state index contributed by atoms with van der Waals surface area (Å²) in [6, 6.07) is 5.08. The Hall–Kier alpha value is -0.570. The number of benzene rings is 1. The van der Waals surface area contributed by atoms with Gasteiger partial charge in [-0.25, -0.2) is 0 Å². The third-order valence-electron chi connectivity index (χ3n) is 3.77. The molecule has 0 radical (unpaired) electrons. The first-order valence-electron chi connectivity index (χ1n) is 6.77. The summed E-state index contributed by atoms with van der Waals surface area (Å²) < 4.78 is 0. The maximum Gasteiger partial charge on any atom is 0.164 e. The molecule has 0 spiro atoms. The summed E-state index contributed by atoms with van der Waals surface area (Å²) in [6.45, 7) is 5.34. The molecule has 1 heterocycles. The lowest BCUT2D eigenvalue weighted by molar-refractivity contribution is 0.0953. The van der Waals surface area contributed by atoms with Gasteiger partial charge in [-0.05, 0) is 50.0 Å². The Labute approximate surface area is 124 Å². The highest BCUT2D eigenvalue weighted by molar-refractivity contribution is 6.42. The molecule has 1 aliphatic heterocycles. The third-order valence-corrected chi connectivity index (χ3v) is 4.51. The van der Waals surface area contributed by atoms with E-state index in [1.54, 1.807) is 18.2 Å². The van der Waals surface area contributed by atoms with Gasteiger partial charge in [0.2, 0.25) is 0 Å². The van der Waals surface area contributed by atoms with Crippen LogP contribution in [0.1, 0.15) is 36.5 Å². The van der Waals surface area contributed by atoms with Crippen LogP contribution in [0.2, 0.25) is 10.0 Å². The molecule has 2 nitrogen and oxygen atoms in total. The molecule has 0 N–H and O–H groups in total. The number of hydrogen-bond acceptors (Lipinski definition) is 2. The molecule has 1 aromatic carbocycles. The maximum absolute atomic E-state index is 12.1. The zero-order valence-corrected chi connectivity index (χ0v) is 12.7. The molecule has 0 aliphatic carbocycles. The number of Topliss-reactive ketones (excluding diaryl/α,β-unsaturated/α-hetero) is 1. The highest BCUT2D eigenvalue weighted by Gasteiger charge is 2.17. The molecule has 0 saturated carbocycles. The van der Waals surface area contributed by atoms with E-state index in [9.17, 15) is 4.79 Å². The van der Waals surface area contributed by atoms with Gasteiger partial charge in [0, 0.05) is 18.5 Å². The Morgan fingerprint density at radius 3 is 2.58 bits per heavy atom. The number of piperidine rings is 1. The predicted molar refractivity (Wildman–Crippen MR) is 80.2 cm³/mol. The van der Waals surface area contributed by atoms with Crippen LogP contribution >= 0.6 is 23.2 Å². The van der Waals surface area contributed by atoms with Gasteiger partial charge in [0.25, 0.3) is 0 Å². The Bertz CT molecular complexity index is 453. The molecular formula is C15H19Cl2NO.